The van der Waals surface area contributed by atoms with Crippen molar-refractivity contribution in [3.63, 3.8) is 0 Å². The number of carbonyl (C=O) groups is 1. The van der Waals surface area contributed by atoms with Crippen LogP contribution in [0.5, 0.6) is 5.75 Å². The second kappa shape index (κ2) is 6.79. The Morgan fingerprint density at radius 3 is 2.93 bits per heavy atom. The van der Waals surface area contributed by atoms with Crippen LogP contribution in [0.1, 0.15) is 23.7 Å². The first-order valence-corrected chi connectivity index (χ1v) is 11.1. The Labute approximate surface area is 165 Å². The summed E-state index contributed by atoms with van der Waals surface area (Å²) in [5, 5.41) is 7.24. The first-order chi connectivity index (χ1) is 12.8. The topological polar surface area (TPSA) is 90.3 Å². The van der Waals surface area contributed by atoms with Gasteiger partial charge in [0.15, 0.2) is 9.84 Å². The highest BCUT2D eigenvalue weighted by Gasteiger charge is 2.31. The first kappa shape index (κ1) is 18.2. The molecular formula is C18H18BrN3O4S. The Bertz CT molecular complexity index is 1060. The van der Waals surface area contributed by atoms with E-state index in [0.717, 1.165) is 21.5 Å². The fraction of sp³-hybridized carbons (Fsp3) is 0.333. The van der Waals surface area contributed by atoms with Gasteiger partial charge < -0.3 is 10.1 Å². The Balaban J connectivity index is 1.57. The van der Waals surface area contributed by atoms with Gasteiger partial charge in [0.25, 0.3) is 5.91 Å². The molecule has 1 N–H and O–H groups in total. The zero-order valence-electron chi connectivity index (χ0n) is 14.6. The number of anilines is 1. The molecule has 1 fully saturated rings. The summed E-state index contributed by atoms with van der Waals surface area (Å²) in [5.41, 5.74) is 2.04. The molecule has 1 amide bonds. The number of aromatic nitrogens is 2. The highest BCUT2D eigenvalue weighted by molar-refractivity contribution is 9.10. The van der Waals surface area contributed by atoms with Crippen LogP contribution in [0.3, 0.4) is 0 Å². The lowest BCUT2D eigenvalue weighted by molar-refractivity contribution is -0.113. The highest BCUT2D eigenvalue weighted by atomic mass is 79.9. The summed E-state index contributed by atoms with van der Waals surface area (Å²) in [6.07, 6.45) is 2.30. The van der Waals surface area contributed by atoms with E-state index in [9.17, 15) is 13.2 Å². The predicted octanol–water partition coefficient (Wildman–Crippen LogP) is 2.73. The van der Waals surface area contributed by atoms with Crippen molar-refractivity contribution in [2.45, 2.75) is 19.4 Å². The van der Waals surface area contributed by atoms with E-state index in [4.69, 9.17) is 4.74 Å². The maximum atomic E-state index is 12.7. The highest BCUT2D eigenvalue weighted by Crippen LogP contribution is 2.30. The molecule has 27 heavy (non-hydrogen) atoms. The summed E-state index contributed by atoms with van der Waals surface area (Å²) >= 11 is 3.41. The number of amides is 1. The number of nitrogens with one attached hydrogen (secondary N) is 1. The quantitative estimate of drug-likeness (QED) is 0.774. The molecule has 1 aromatic heterocycles. The van der Waals surface area contributed by atoms with Crippen molar-refractivity contribution in [1.29, 1.82) is 0 Å². The van der Waals surface area contributed by atoms with Crippen molar-refractivity contribution in [2.24, 2.45) is 0 Å². The largest absolute Gasteiger partial charge is 0.488 e. The molecule has 4 rings (SSSR count). The predicted molar refractivity (Wildman–Crippen MR) is 106 cm³/mol. The lowest BCUT2D eigenvalue weighted by Gasteiger charge is -2.19. The van der Waals surface area contributed by atoms with Gasteiger partial charge in [0.2, 0.25) is 0 Å². The summed E-state index contributed by atoms with van der Waals surface area (Å²) in [6, 6.07) is 7.11. The maximum absolute atomic E-state index is 12.7. The summed E-state index contributed by atoms with van der Waals surface area (Å²) in [7, 11) is -3.05. The molecule has 0 radical (unpaired) electrons. The molecule has 1 aromatic carbocycles. The summed E-state index contributed by atoms with van der Waals surface area (Å²) < 4.78 is 31.8. The molecule has 0 unspecified atom stereocenters. The Morgan fingerprint density at radius 2 is 2.19 bits per heavy atom. The molecule has 0 bridgehead atoms. The van der Waals surface area contributed by atoms with E-state index in [-0.39, 0.29) is 30.1 Å². The van der Waals surface area contributed by atoms with E-state index in [1.807, 2.05) is 25.1 Å². The van der Waals surface area contributed by atoms with Gasteiger partial charge in [0.1, 0.15) is 18.2 Å². The SMILES string of the molecule is Cc1cc(NC(=O)C2=Cc3cc(Br)ccc3OC2)n([C@@H]2CCS(=O)(=O)C2)n1. The monoisotopic (exact) mass is 451 g/mol. The van der Waals surface area contributed by atoms with E-state index < -0.39 is 9.84 Å². The minimum Gasteiger partial charge on any atom is -0.488 e. The van der Waals surface area contributed by atoms with Crippen LogP contribution in [0.4, 0.5) is 5.82 Å². The molecule has 7 nitrogen and oxygen atoms in total. The summed E-state index contributed by atoms with van der Waals surface area (Å²) in [4.78, 5) is 12.7. The second-order valence-electron chi connectivity index (χ2n) is 6.77. The number of benzene rings is 1. The van der Waals surface area contributed by atoms with Gasteiger partial charge in [-0.05, 0) is 37.6 Å². The average Bonchev–Trinajstić information content (AvgIpc) is 3.15. The molecule has 0 aliphatic carbocycles. The Morgan fingerprint density at radius 1 is 1.37 bits per heavy atom. The van der Waals surface area contributed by atoms with Gasteiger partial charge in [0, 0.05) is 16.1 Å². The average molecular weight is 452 g/mol. The van der Waals surface area contributed by atoms with Crippen LogP contribution >= 0.6 is 15.9 Å². The van der Waals surface area contributed by atoms with E-state index in [1.54, 1.807) is 16.8 Å². The third kappa shape index (κ3) is 3.79. The number of nitrogens with zero attached hydrogens (tertiary/aromatic N) is 2. The van der Waals surface area contributed by atoms with Crippen LogP contribution in [-0.4, -0.2) is 42.2 Å². The van der Waals surface area contributed by atoms with Crippen LogP contribution in [0.15, 0.2) is 34.3 Å². The second-order valence-corrected chi connectivity index (χ2v) is 9.91. The van der Waals surface area contributed by atoms with Gasteiger partial charge in [-0.2, -0.15) is 5.10 Å². The van der Waals surface area contributed by atoms with Gasteiger partial charge in [-0.1, -0.05) is 15.9 Å². The number of rotatable bonds is 3. The molecule has 9 heteroatoms. The normalized spacial score (nSPS) is 20.5. The minimum absolute atomic E-state index is 0.0458. The van der Waals surface area contributed by atoms with Crippen molar-refractivity contribution in [3.05, 3.63) is 45.6 Å². The number of fused-ring (bicyclic) bond motifs is 1. The third-order valence-electron chi connectivity index (χ3n) is 4.63. The fourth-order valence-electron chi connectivity index (χ4n) is 3.33. The molecule has 0 spiro atoms. The zero-order valence-corrected chi connectivity index (χ0v) is 17.0. The molecule has 1 atom stereocenters. The van der Waals surface area contributed by atoms with Gasteiger partial charge in [-0.3, -0.25) is 4.79 Å². The molecular weight excluding hydrogens is 434 g/mol. The van der Waals surface area contributed by atoms with Gasteiger partial charge in [-0.15, -0.1) is 0 Å². The zero-order chi connectivity index (χ0) is 19.2. The van der Waals surface area contributed by atoms with Crippen LogP contribution in [0.25, 0.3) is 6.08 Å². The standard InChI is InChI=1S/C18H18BrN3O4S/c1-11-6-17(22(21-11)15-4-5-27(24,25)10-15)20-18(23)13-7-12-8-14(19)2-3-16(12)26-9-13/h2-3,6-8,15H,4-5,9-10H2,1H3,(H,20,23)/t15-/m1/s1. The van der Waals surface area contributed by atoms with Crippen molar-refractivity contribution in [3.8, 4) is 5.75 Å². The Hall–Kier alpha value is -2.13. The third-order valence-corrected chi connectivity index (χ3v) is 6.87. The van der Waals surface area contributed by atoms with Gasteiger partial charge >= 0.3 is 0 Å². The van der Waals surface area contributed by atoms with Crippen molar-refractivity contribution in [2.75, 3.05) is 23.4 Å². The smallest absolute Gasteiger partial charge is 0.256 e. The number of hydrogen-bond acceptors (Lipinski definition) is 5. The van der Waals surface area contributed by atoms with E-state index in [2.05, 4.69) is 26.3 Å². The Kier molecular flexibility index (Phi) is 4.59. The van der Waals surface area contributed by atoms with E-state index in [0.29, 0.717) is 17.8 Å². The molecule has 2 aromatic rings. The van der Waals surface area contributed by atoms with Gasteiger partial charge in [0.05, 0.1) is 28.8 Å². The van der Waals surface area contributed by atoms with Crippen LogP contribution in [-0.2, 0) is 14.6 Å². The van der Waals surface area contributed by atoms with E-state index in [1.165, 1.54) is 0 Å². The summed E-state index contributed by atoms with van der Waals surface area (Å²) in [5.74, 6) is 1.13. The molecule has 1 saturated heterocycles. The lowest BCUT2D eigenvalue weighted by Crippen LogP contribution is -2.24. The number of carbonyl (C=O) groups excluding carboxylic acids is 1. The van der Waals surface area contributed by atoms with Crippen LogP contribution < -0.4 is 10.1 Å². The first-order valence-electron chi connectivity index (χ1n) is 8.51. The number of ether oxygens (including phenoxy) is 1. The number of halogens is 1. The van der Waals surface area contributed by atoms with Crippen molar-refractivity contribution >= 4 is 43.6 Å². The van der Waals surface area contributed by atoms with Crippen LogP contribution in [0.2, 0.25) is 0 Å². The molecule has 2 aliphatic rings. The maximum Gasteiger partial charge on any atom is 0.256 e. The van der Waals surface area contributed by atoms with Crippen molar-refractivity contribution in [1.82, 2.24) is 9.78 Å². The summed E-state index contributed by atoms with van der Waals surface area (Å²) in [6.45, 7) is 1.98. The molecule has 3 heterocycles. The number of hydrogen-bond donors (Lipinski definition) is 1. The van der Waals surface area contributed by atoms with E-state index >= 15 is 0 Å². The van der Waals surface area contributed by atoms with Crippen molar-refractivity contribution < 1.29 is 17.9 Å². The molecule has 0 saturated carbocycles. The lowest BCUT2D eigenvalue weighted by atomic mass is 10.1. The van der Waals surface area contributed by atoms with Crippen LogP contribution in [0, 0.1) is 6.92 Å². The fourth-order valence-corrected chi connectivity index (χ4v) is 5.40. The van der Waals surface area contributed by atoms with Gasteiger partial charge in [-0.25, -0.2) is 13.1 Å². The molecule has 2 aliphatic heterocycles. The minimum atomic E-state index is -3.05. The molecule has 142 valence electrons. The number of aryl methyl sites for hydroxylation is 1. The number of sulfone groups is 1.